The molecule has 3 unspecified atom stereocenters. The molecule has 0 bridgehead atoms. The third-order valence-electron chi connectivity index (χ3n) is 4.60. The van der Waals surface area contributed by atoms with Crippen LogP contribution < -0.4 is 0 Å². The molecule has 1 heterocycles. The van der Waals surface area contributed by atoms with Gasteiger partial charge in [-0.1, -0.05) is 12.8 Å². The van der Waals surface area contributed by atoms with Gasteiger partial charge in [0.2, 0.25) is 0 Å². The minimum absolute atomic E-state index is 0.0421. The Bertz CT molecular complexity index is 274. The summed E-state index contributed by atoms with van der Waals surface area (Å²) in [6, 6.07) is 0.596. The Hall–Kier alpha value is -0.120. The first-order valence-corrected chi connectivity index (χ1v) is 8.03. The summed E-state index contributed by atoms with van der Waals surface area (Å²) in [6.45, 7) is 9.34. The van der Waals surface area contributed by atoms with Gasteiger partial charge in [-0.05, 0) is 53.0 Å². The second-order valence-corrected chi connectivity index (χ2v) is 7.22. The summed E-state index contributed by atoms with van der Waals surface area (Å²) < 4.78 is 5.85. The second kappa shape index (κ2) is 6.55. The van der Waals surface area contributed by atoms with E-state index in [1.165, 1.54) is 38.6 Å². The first kappa shape index (κ1) is 15.3. The van der Waals surface area contributed by atoms with Crippen molar-refractivity contribution < 1.29 is 9.84 Å². The topological polar surface area (TPSA) is 32.7 Å². The first-order chi connectivity index (χ1) is 8.97. The molecule has 0 aromatic rings. The van der Waals surface area contributed by atoms with Crippen LogP contribution in [0.2, 0.25) is 0 Å². The highest BCUT2D eigenvalue weighted by atomic mass is 16.5. The molecule has 2 fully saturated rings. The van der Waals surface area contributed by atoms with Gasteiger partial charge in [0.25, 0.3) is 0 Å². The Labute approximate surface area is 118 Å². The van der Waals surface area contributed by atoms with Crippen LogP contribution in [0, 0.1) is 5.92 Å². The van der Waals surface area contributed by atoms with E-state index in [9.17, 15) is 5.11 Å². The Morgan fingerprint density at radius 3 is 2.53 bits per heavy atom. The molecule has 19 heavy (non-hydrogen) atoms. The SMILES string of the molecule is CC(C)(C)OCCN1CCCC1C1CCCCC1O. The predicted octanol–water partition coefficient (Wildman–Crippen LogP) is 2.82. The molecule has 2 aliphatic rings. The number of likely N-dealkylation sites (tertiary alicyclic amines) is 1. The molecule has 1 N–H and O–H groups in total. The number of aliphatic hydroxyl groups is 1. The molecule has 3 nitrogen and oxygen atoms in total. The fourth-order valence-electron chi connectivity index (χ4n) is 3.67. The highest BCUT2D eigenvalue weighted by Gasteiger charge is 2.36. The van der Waals surface area contributed by atoms with Crippen molar-refractivity contribution in [2.75, 3.05) is 19.7 Å². The van der Waals surface area contributed by atoms with E-state index >= 15 is 0 Å². The molecule has 112 valence electrons. The predicted molar refractivity (Wildman–Crippen MR) is 78.3 cm³/mol. The van der Waals surface area contributed by atoms with Gasteiger partial charge in [-0.25, -0.2) is 0 Å². The minimum atomic E-state index is -0.0668. The molecule has 1 aliphatic heterocycles. The van der Waals surface area contributed by atoms with Crippen LogP contribution in [0.5, 0.6) is 0 Å². The Morgan fingerprint density at radius 2 is 1.84 bits per heavy atom. The van der Waals surface area contributed by atoms with Crippen molar-refractivity contribution >= 4 is 0 Å². The average Bonchev–Trinajstić information content (AvgIpc) is 2.76. The fourth-order valence-corrected chi connectivity index (χ4v) is 3.67. The standard InChI is InChI=1S/C16H31NO2/c1-16(2,3)19-12-11-17-10-6-8-14(17)13-7-4-5-9-15(13)18/h13-15,18H,4-12H2,1-3H3. The van der Waals surface area contributed by atoms with Gasteiger partial charge < -0.3 is 9.84 Å². The zero-order valence-corrected chi connectivity index (χ0v) is 12.9. The zero-order chi connectivity index (χ0) is 13.9. The summed E-state index contributed by atoms with van der Waals surface area (Å²) in [6.07, 6.45) is 7.20. The molecule has 1 saturated carbocycles. The van der Waals surface area contributed by atoms with Gasteiger partial charge in [-0.3, -0.25) is 4.90 Å². The van der Waals surface area contributed by atoms with E-state index in [0.717, 1.165) is 19.6 Å². The molecule has 0 aromatic carbocycles. The van der Waals surface area contributed by atoms with Crippen LogP contribution in [0.1, 0.15) is 59.3 Å². The van der Waals surface area contributed by atoms with E-state index in [4.69, 9.17) is 4.74 Å². The van der Waals surface area contributed by atoms with E-state index in [2.05, 4.69) is 25.7 Å². The maximum Gasteiger partial charge on any atom is 0.0600 e. The number of aliphatic hydroxyl groups excluding tert-OH is 1. The van der Waals surface area contributed by atoms with E-state index in [1.54, 1.807) is 0 Å². The van der Waals surface area contributed by atoms with Crippen LogP contribution in [0.25, 0.3) is 0 Å². The molecule has 0 spiro atoms. The molecule has 1 aliphatic carbocycles. The van der Waals surface area contributed by atoms with Crippen LogP contribution >= 0.6 is 0 Å². The lowest BCUT2D eigenvalue weighted by molar-refractivity contribution is -0.0266. The summed E-state index contributed by atoms with van der Waals surface area (Å²) >= 11 is 0. The van der Waals surface area contributed by atoms with E-state index in [-0.39, 0.29) is 11.7 Å². The first-order valence-electron chi connectivity index (χ1n) is 8.03. The molecule has 0 radical (unpaired) electrons. The smallest absolute Gasteiger partial charge is 0.0600 e. The van der Waals surface area contributed by atoms with Crippen LogP contribution in [0.4, 0.5) is 0 Å². The van der Waals surface area contributed by atoms with Gasteiger partial charge in [0.1, 0.15) is 0 Å². The summed E-state index contributed by atoms with van der Waals surface area (Å²) in [7, 11) is 0. The molecule has 0 aromatic heterocycles. The number of rotatable bonds is 4. The van der Waals surface area contributed by atoms with Gasteiger partial charge >= 0.3 is 0 Å². The summed E-state index contributed by atoms with van der Waals surface area (Å²) in [5.74, 6) is 0.505. The number of ether oxygens (including phenoxy) is 1. The monoisotopic (exact) mass is 269 g/mol. The number of hydrogen-bond donors (Lipinski definition) is 1. The van der Waals surface area contributed by atoms with Crippen molar-refractivity contribution in [3.63, 3.8) is 0 Å². The quantitative estimate of drug-likeness (QED) is 0.852. The molecule has 0 amide bonds. The van der Waals surface area contributed by atoms with Gasteiger partial charge in [-0.15, -0.1) is 0 Å². The third kappa shape index (κ3) is 4.44. The second-order valence-electron chi connectivity index (χ2n) is 7.22. The van der Waals surface area contributed by atoms with E-state index < -0.39 is 0 Å². The number of hydrogen-bond acceptors (Lipinski definition) is 3. The van der Waals surface area contributed by atoms with E-state index in [0.29, 0.717) is 12.0 Å². The largest absolute Gasteiger partial charge is 0.393 e. The lowest BCUT2D eigenvalue weighted by Crippen LogP contribution is -2.44. The maximum atomic E-state index is 10.2. The summed E-state index contributed by atoms with van der Waals surface area (Å²) in [5, 5.41) is 10.2. The minimum Gasteiger partial charge on any atom is -0.393 e. The summed E-state index contributed by atoms with van der Waals surface area (Å²) in [5.41, 5.74) is -0.0421. The van der Waals surface area contributed by atoms with Crippen LogP contribution in [0.3, 0.4) is 0 Å². The van der Waals surface area contributed by atoms with Crippen LogP contribution in [0.15, 0.2) is 0 Å². The molecule has 3 heteroatoms. The van der Waals surface area contributed by atoms with Crippen molar-refractivity contribution in [3.8, 4) is 0 Å². The maximum absolute atomic E-state index is 10.2. The molecule has 1 saturated heterocycles. The molecule has 3 atom stereocenters. The van der Waals surface area contributed by atoms with Crippen molar-refractivity contribution in [2.45, 2.75) is 77.0 Å². The van der Waals surface area contributed by atoms with Gasteiger partial charge in [0.05, 0.1) is 18.3 Å². The van der Waals surface area contributed by atoms with E-state index in [1.807, 2.05) is 0 Å². The highest BCUT2D eigenvalue weighted by molar-refractivity contribution is 4.90. The fraction of sp³-hybridized carbons (Fsp3) is 1.00. The Morgan fingerprint density at radius 1 is 1.11 bits per heavy atom. The number of nitrogens with zero attached hydrogens (tertiary/aromatic N) is 1. The van der Waals surface area contributed by atoms with Crippen molar-refractivity contribution in [3.05, 3.63) is 0 Å². The van der Waals surface area contributed by atoms with Crippen molar-refractivity contribution in [1.29, 1.82) is 0 Å². The molecular formula is C16H31NO2. The molecular weight excluding hydrogens is 238 g/mol. The average molecular weight is 269 g/mol. The zero-order valence-electron chi connectivity index (χ0n) is 12.9. The van der Waals surface area contributed by atoms with Crippen molar-refractivity contribution in [2.24, 2.45) is 5.92 Å². The van der Waals surface area contributed by atoms with Crippen molar-refractivity contribution in [1.82, 2.24) is 4.90 Å². The van der Waals surface area contributed by atoms with Gasteiger partial charge in [0, 0.05) is 18.5 Å². The normalized spacial score (nSPS) is 33.8. The van der Waals surface area contributed by atoms with Gasteiger partial charge in [0.15, 0.2) is 0 Å². The Balaban J connectivity index is 1.82. The van der Waals surface area contributed by atoms with Gasteiger partial charge in [-0.2, -0.15) is 0 Å². The lowest BCUT2D eigenvalue weighted by atomic mass is 9.80. The van der Waals surface area contributed by atoms with Crippen LogP contribution in [-0.4, -0.2) is 47.4 Å². The highest BCUT2D eigenvalue weighted by Crippen LogP contribution is 2.34. The third-order valence-corrected chi connectivity index (χ3v) is 4.60. The Kier molecular flexibility index (Phi) is 5.27. The summed E-state index contributed by atoms with van der Waals surface area (Å²) in [4.78, 5) is 2.56. The molecule has 2 rings (SSSR count). The lowest BCUT2D eigenvalue weighted by Gasteiger charge is -2.37. The van der Waals surface area contributed by atoms with Crippen LogP contribution in [-0.2, 0) is 4.74 Å².